The standard InChI is InChI=1S/C17H31NO/c1-3-6-15-8-9-17(19)16(11-15)13-18-10-5-7-14(4-2)12-18/h14-16H,3-13H2,1-2H3. The quantitative estimate of drug-likeness (QED) is 0.751. The Morgan fingerprint density at radius 1 is 1.21 bits per heavy atom. The van der Waals surface area contributed by atoms with E-state index in [2.05, 4.69) is 18.7 Å². The Morgan fingerprint density at radius 2 is 2.05 bits per heavy atom. The lowest BCUT2D eigenvalue weighted by Gasteiger charge is -2.36. The van der Waals surface area contributed by atoms with Crippen LogP contribution in [0.15, 0.2) is 0 Å². The third-order valence-corrected chi connectivity index (χ3v) is 5.23. The highest BCUT2D eigenvalue weighted by atomic mass is 16.1. The molecule has 2 fully saturated rings. The minimum absolute atomic E-state index is 0.348. The van der Waals surface area contributed by atoms with Gasteiger partial charge < -0.3 is 4.90 Å². The highest BCUT2D eigenvalue weighted by molar-refractivity contribution is 5.81. The highest BCUT2D eigenvalue weighted by Crippen LogP contribution is 2.31. The van der Waals surface area contributed by atoms with Gasteiger partial charge in [-0.05, 0) is 44.1 Å². The summed E-state index contributed by atoms with van der Waals surface area (Å²) in [5.41, 5.74) is 0. The van der Waals surface area contributed by atoms with E-state index in [0.29, 0.717) is 11.7 Å². The molecule has 2 nitrogen and oxygen atoms in total. The summed E-state index contributed by atoms with van der Waals surface area (Å²) < 4.78 is 0. The van der Waals surface area contributed by atoms with E-state index in [1.165, 1.54) is 51.6 Å². The van der Waals surface area contributed by atoms with E-state index in [9.17, 15) is 4.79 Å². The number of nitrogens with zero attached hydrogens (tertiary/aromatic N) is 1. The van der Waals surface area contributed by atoms with E-state index >= 15 is 0 Å². The number of likely N-dealkylation sites (tertiary alicyclic amines) is 1. The van der Waals surface area contributed by atoms with Crippen LogP contribution < -0.4 is 0 Å². The molecule has 2 heteroatoms. The number of ketones is 1. The van der Waals surface area contributed by atoms with Gasteiger partial charge in [-0.15, -0.1) is 0 Å². The molecule has 3 unspecified atom stereocenters. The number of carbonyl (C=O) groups is 1. The first kappa shape index (κ1) is 15.0. The van der Waals surface area contributed by atoms with E-state index in [1.807, 2.05) is 0 Å². The Labute approximate surface area is 118 Å². The first-order chi connectivity index (χ1) is 9.22. The van der Waals surface area contributed by atoms with Gasteiger partial charge in [0.2, 0.25) is 0 Å². The number of Topliss-reactive ketones (excluding diaryl/α,β-unsaturated/α-hetero) is 1. The van der Waals surface area contributed by atoms with Crippen LogP contribution in [0.5, 0.6) is 0 Å². The molecule has 3 atom stereocenters. The maximum atomic E-state index is 12.1. The zero-order valence-electron chi connectivity index (χ0n) is 12.9. The summed E-state index contributed by atoms with van der Waals surface area (Å²) in [7, 11) is 0. The lowest BCUT2D eigenvalue weighted by molar-refractivity contribution is -0.126. The Kier molecular flexibility index (Phi) is 5.87. The maximum Gasteiger partial charge on any atom is 0.137 e. The molecule has 1 aliphatic carbocycles. The Morgan fingerprint density at radius 3 is 2.79 bits per heavy atom. The molecule has 0 bridgehead atoms. The van der Waals surface area contributed by atoms with Crippen molar-refractivity contribution in [2.45, 2.75) is 65.2 Å². The van der Waals surface area contributed by atoms with Crippen molar-refractivity contribution in [3.63, 3.8) is 0 Å². The van der Waals surface area contributed by atoms with Crippen LogP contribution in [0.4, 0.5) is 0 Å². The number of carbonyl (C=O) groups excluding carboxylic acids is 1. The van der Waals surface area contributed by atoms with Crippen LogP contribution in [-0.2, 0) is 4.79 Å². The van der Waals surface area contributed by atoms with E-state index < -0.39 is 0 Å². The number of hydrogen-bond acceptors (Lipinski definition) is 2. The molecule has 2 aliphatic rings. The van der Waals surface area contributed by atoms with Gasteiger partial charge in [0.15, 0.2) is 0 Å². The van der Waals surface area contributed by atoms with Gasteiger partial charge in [-0.1, -0.05) is 33.1 Å². The normalized spacial score (nSPS) is 33.6. The van der Waals surface area contributed by atoms with Gasteiger partial charge in [0, 0.05) is 25.4 Å². The van der Waals surface area contributed by atoms with Crippen molar-refractivity contribution < 1.29 is 4.79 Å². The molecular weight excluding hydrogens is 234 g/mol. The number of rotatable bonds is 5. The van der Waals surface area contributed by atoms with E-state index in [0.717, 1.165) is 31.2 Å². The lowest BCUT2D eigenvalue weighted by Crippen LogP contribution is -2.41. The summed E-state index contributed by atoms with van der Waals surface area (Å²) in [5.74, 6) is 2.59. The van der Waals surface area contributed by atoms with Crippen molar-refractivity contribution in [1.82, 2.24) is 4.90 Å². The minimum Gasteiger partial charge on any atom is -0.302 e. The molecule has 1 saturated carbocycles. The summed E-state index contributed by atoms with van der Waals surface area (Å²) >= 11 is 0. The number of hydrogen-bond donors (Lipinski definition) is 0. The fourth-order valence-corrected chi connectivity index (χ4v) is 4.01. The zero-order chi connectivity index (χ0) is 13.7. The molecule has 110 valence electrons. The van der Waals surface area contributed by atoms with Crippen molar-refractivity contribution in [2.24, 2.45) is 17.8 Å². The van der Waals surface area contributed by atoms with Gasteiger partial charge in [0.1, 0.15) is 5.78 Å². The molecule has 0 aromatic rings. The maximum absolute atomic E-state index is 12.1. The fourth-order valence-electron chi connectivity index (χ4n) is 4.01. The summed E-state index contributed by atoms with van der Waals surface area (Å²) in [6.07, 6.45) is 9.78. The van der Waals surface area contributed by atoms with Crippen LogP contribution >= 0.6 is 0 Å². The molecule has 19 heavy (non-hydrogen) atoms. The topological polar surface area (TPSA) is 20.3 Å². The van der Waals surface area contributed by atoms with Crippen LogP contribution in [0.25, 0.3) is 0 Å². The van der Waals surface area contributed by atoms with Crippen molar-refractivity contribution in [2.75, 3.05) is 19.6 Å². The molecule has 0 radical (unpaired) electrons. The molecule has 0 amide bonds. The Hall–Kier alpha value is -0.370. The molecule has 1 heterocycles. The summed E-state index contributed by atoms with van der Waals surface area (Å²) in [5, 5.41) is 0. The SMILES string of the molecule is CCCC1CCC(=O)C(CN2CCCC(CC)C2)C1. The first-order valence-electron chi connectivity index (χ1n) is 8.48. The van der Waals surface area contributed by atoms with Crippen LogP contribution in [0, 0.1) is 17.8 Å². The van der Waals surface area contributed by atoms with Crippen LogP contribution in [-0.4, -0.2) is 30.3 Å². The molecule has 1 aliphatic heterocycles. The minimum atomic E-state index is 0.348. The van der Waals surface area contributed by atoms with Crippen LogP contribution in [0.1, 0.15) is 65.2 Å². The first-order valence-corrected chi connectivity index (χ1v) is 8.48. The van der Waals surface area contributed by atoms with Gasteiger partial charge in [0.05, 0.1) is 0 Å². The summed E-state index contributed by atoms with van der Waals surface area (Å²) in [6, 6.07) is 0. The van der Waals surface area contributed by atoms with Crippen LogP contribution in [0.3, 0.4) is 0 Å². The average molecular weight is 265 g/mol. The highest BCUT2D eigenvalue weighted by Gasteiger charge is 2.30. The predicted molar refractivity (Wildman–Crippen MR) is 80.2 cm³/mol. The van der Waals surface area contributed by atoms with Crippen LogP contribution in [0.2, 0.25) is 0 Å². The van der Waals surface area contributed by atoms with E-state index in [-0.39, 0.29) is 0 Å². The predicted octanol–water partition coefficient (Wildman–Crippen LogP) is 3.89. The van der Waals surface area contributed by atoms with Crippen molar-refractivity contribution in [1.29, 1.82) is 0 Å². The molecule has 0 spiro atoms. The monoisotopic (exact) mass is 265 g/mol. The van der Waals surface area contributed by atoms with Gasteiger partial charge in [0.25, 0.3) is 0 Å². The molecule has 0 N–H and O–H groups in total. The molecule has 0 aromatic carbocycles. The second kappa shape index (κ2) is 7.42. The average Bonchev–Trinajstić information content (AvgIpc) is 2.43. The van der Waals surface area contributed by atoms with Crippen molar-refractivity contribution >= 4 is 5.78 Å². The second-order valence-corrected chi connectivity index (χ2v) is 6.77. The van der Waals surface area contributed by atoms with Gasteiger partial charge in [-0.3, -0.25) is 4.79 Å². The lowest BCUT2D eigenvalue weighted by atomic mass is 9.78. The van der Waals surface area contributed by atoms with Crippen molar-refractivity contribution in [3.8, 4) is 0 Å². The van der Waals surface area contributed by atoms with Gasteiger partial charge in [-0.25, -0.2) is 0 Å². The van der Waals surface area contributed by atoms with Gasteiger partial charge >= 0.3 is 0 Å². The van der Waals surface area contributed by atoms with E-state index in [1.54, 1.807) is 0 Å². The van der Waals surface area contributed by atoms with E-state index in [4.69, 9.17) is 0 Å². The fraction of sp³-hybridized carbons (Fsp3) is 0.941. The second-order valence-electron chi connectivity index (χ2n) is 6.77. The zero-order valence-corrected chi connectivity index (χ0v) is 12.9. The summed E-state index contributed by atoms with van der Waals surface area (Å²) in [6.45, 7) is 8.08. The Balaban J connectivity index is 1.84. The largest absolute Gasteiger partial charge is 0.302 e. The Bertz CT molecular complexity index is 289. The summed E-state index contributed by atoms with van der Waals surface area (Å²) in [4.78, 5) is 14.7. The third-order valence-electron chi connectivity index (χ3n) is 5.23. The third kappa shape index (κ3) is 4.30. The smallest absolute Gasteiger partial charge is 0.137 e. The molecule has 2 rings (SSSR count). The van der Waals surface area contributed by atoms with Gasteiger partial charge in [-0.2, -0.15) is 0 Å². The molecule has 1 saturated heterocycles. The number of piperidine rings is 1. The van der Waals surface area contributed by atoms with Crippen molar-refractivity contribution in [3.05, 3.63) is 0 Å². The molecular formula is C17H31NO. The molecule has 0 aromatic heterocycles.